The molecule has 10 heteroatoms. The molecular weight excluding hydrogens is 297 g/mol. The first-order chi connectivity index (χ1) is 8.91. The molecule has 0 spiro atoms. The molecular formula is C10H18KN3O6. The van der Waals surface area contributed by atoms with Gasteiger partial charge < -0.3 is 30.7 Å². The van der Waals surface area contributed by atoms with E-state index in [1.165, 1.54) is 4.90 Å². The minimum absolute atomic E-state index is 0. The van der Waals surface area contributed by atoms with Crippen LogP contribution in [-0.2, 0) is 14.4 Å². The molecule has 0 atom stereocenters. The number of hydrogen-bond acceptors (Lipinski definition) is 7. The summed E-state index contributed by atoms with van der Waals surface area (Å²) in [5, 5.41) is 32.6. The summed E-state index contributed by atoms with van der Waals surface area (Å²) in [6.07, 6.45) is 0. The molecule has 0 fully saturated rings. The van der Waals surface area contributed by atoms with E-state index in [1.807, 2.05) is 0 Å². The Labute approximate surface area is 159 Å². The third-order valence-electron chi connectivity index (χ3n) is 2.11. The molecule has 0 rings (SSSR count). The average Bonchev–Trinajstić information content (AvgIpc) is 2.28. The molecule has 0 aliphatic heterocycles. The summed E-state index contributed by atoms with van der Waals surface area (Å²) >= 11 is 0. The quantitative estimate of drug-likeness (QED) is 0.204. The van der Waals surface area contributed by atoms with Gasteiger partial charge in [0.2, 0.25) is 0 Å². The smallest absolute Gasteiger partial charge is 0.549 e. The minimum atomic E-state index is -1.24. The topological polar surface area (TPSA) is 142 Å². The van der Waals surface area contributed by atoms with E-state index in [-0.39, 0.29) is 71.0 Å². The zero-order chi connectivity index (χ0) is 14.7. The van der Waals surface area contributed by atoms with Crippen molar-refractivity contribution in [2.45, 2.75) is 0 Å². The average molecular weight is 315 g/mol. The molecule has 0 heterocycles. The van der Waals surface area contributed by atoms with Crippen LogP contribution in [0, 0.1) is 0 Å². The summed E-state index contributed by atoms with van der Waals surface area (Å²) < 4.78 is 0. The number of nitrogens with zero attached hydrogens (tertiary/aromatic N) is 1. The predicted octanol–water partition coefficient (Wildman–Crippen LogP) is -6.61. The van der Waals surface area contributed by atoms with Gasteiger partial charge in [0.05, 0.1) is 19.1 Å². The zero-order valence-corrected chi connectivity index (χ0v) is 14.5. The normalized spacial score (nSPS) is 10.1. The van der Waals surface area contributed by atoms with E-state index < -0.39 is 17.9 Å². The van der Waals surface area contributed by atoms with Crippen molar-refractivity contribution in [1.82, 2.24) is 15.5 Å². The van der Waals surface area contributed by atoms with Crippen molar-refractivity contribution in [2.24, 2.45) is 0 Å². The molecule has 0 saturated heterocycles. The summed E-state index contributed by atoms with van der Waals surface area (Å²) in [6.45, 7) is 0.611. The summed E-state index contributed by atoms with van der Waals surface area (Å²) in [5.74, 6) is -3.22. The number of carboxylic acid groups (broad SMARTS) is 3. The Balaban J connectivity index is 0. The van der Waals surface area contributed by atoms with Crippen molar-refractivity contribution in [3.63, 3.8) is 0 Å². The molecule has 0 aliphatic rings. The summed E-state index contributed by atoms with van der Waals surface area (Å²) in [5.41, 5.74) is 0. The number of rotatable bonds is 12. The summed E-state index contributed by atoms with van der Waals surface area (Å²) in [7, 11) is 0. The largest absolute Gasteiger partial charge is 1.00 e. The van der Waals surface area contributed by atoms with Crippen LogP contribution in [0.1, 0.15) is 0 Å². The SMILES string of the molecule is O=C([O-])CN(CCNCC(=O)O)CCNCC(=O)O.[K+]. The minimum Gasteiger partial charge on any atom is -0.549 e. The van der Waals surface area contributed by atoms with E-state index in [1.54, 1.807) is 0 Å². The van der Waals surface area contributed by atoms with Crippen LogP contribution in [0.25, 0.3) is 0 Å². The van der Waals surface area contributed by atoms with Crippen LogP contribution in [0.15, 0.2) is 0 Å². The Bertz CT molecular complexity index is 293. The molecule has 0 aliphatic carbocycles. The monoisotopic (exact) mass is 315 g/mol. The molecule has 0 unspecified atom stereocenters. The third kappa shape index (κ3) is 16.0. The molecule has 0 aromatic rings. The van der Waals surface area contributed by atoms with Crippen LogP contribution in [0.5, 0.6) is 0 Å². The molecule has 0 saturated carbocycles. The fourth-order valence-electron chi connectivity index (χ4n) is 1.32. The molecule has 9 nitrogen and oxygen atoms in total. The molecule has 110 valence electrons. The van der Waals surface area contributed by atoms with Crippen molar-refractivity contribution in [2.75, 3.05) is 45.8 Å². The maximum absolute atomic E-state index is 10.5. The first-order valence-electron chi connectivity index (χ1n) is 5.69. The Morgan fingerprint density at radius 2 is 1.35 bits per heavy atom. The molecule has 0 radical (unpaired) electrons. The van der Waals surface area contributed by atoms with Gasteiger partial charge in [0.1, 0.15) is 0 Å². The fourth-order valence-corrected chi connectivity index (χ4v) is 1.32. The standard InChI is InChI=1S/C10H19N3O6.K/c14-8(15)5-11-1-3-13(7-10(18)19)4-2-12-6-9(16)17;/h11-12H,1-7H2,(H,14,15)(H,16,17)(H,18,19);/q;+1/p-1. The number of aliphatic carboxylic acids is 3. The van der Waals surface area contributed by atoms with Crippen LogP contribution in [0.3, 0.4) is 0 Å². The summed E-state index contributed by atoms with van der Waals surface area (Å²) in [6, 6.07) is 0. The second kappa shape index (κ2) is 13.9. The van der Waals surface area contributed by atoms with E-state index in [2.05, 4.69) is 10.6 Å². The predicted molar refractivity (Wildman–Crippen MR) is 62.5 cm³/mol. The zero-order valence-electron chi connectivity index (χ0n) is 11.4. The van der Waals surface area contributed by atoms with Crippen molar-refractivity contribution < 1.29 is 81.1 Å². The fraction of sp³-hybridized carbons (Fsp3) is 0.700. The van der Waals surface area contributed by atoms with Crippen LogP contribution in [0.2, 0.25) is 0 Å². The second-order valence-electron chi connectivity index (χ2n) is 3.79. The van der Waals surface area contributed by atoms with E-state index in [9.17, 15) is 19.5 Å². The molecule has 0 amide bonds. The number of carbonyl (C=O) groups is 3. The van der Waals surface area contributed by atoms with Gasteiger partial charge in [-0.3, -0.25) is 14.5 Å². The third-order valence-corrected chi connectivity index (χ3v) is 2.11. The van der Waals surface area contributed by atoms with Crippen LogP contribution in [-0.4, -0.2) is 78.8 Å². The van der Waals surface area contributed by atoms with Gasteiger partial charge in [-0.15, -0.1) is 0 Å². The Kier molecular flexibility index (Phi) is 15.4. The summed E-state index contributed by atoms with van der Waals surface area (Å²) in [4.78, 5) is 32.5. The number of carboxylic acids is 3. The van der Waals surface area contributed by atoms with Crippen molar-refractivity contribution in [3.8, 4) is 0 Å². The van der Waals surface area contributed by atoms with Gasteiger partial charge in [0.25, 0.3) is 0 Å². The van der Waals surface area contributed by atoms with E-state index in [4.69, 9.17) is 10.2 Å². The van der Waals surface area contributed by atoms with Crippen LogP contribution < -0.4 is 67.1 Å². The van der Waals surface area contributed by atoms with Gasteiger partial charge in [-0.1, -0.05) is 0 Å². The van der Waals surface area contributed by atoms with Gasteiger partial charge in [-0.25, -0.2) is 0 Å². The van der Waals surface area contributed by atoms with Crippen molar-refractivity contribution in [1.29, 1.82) is 0 Å². The Morgan fingerprint density at radius 1 is 0.950 bits per heavy atom. The molecule has 20 heavy (non-hydrogen) atoms. The van der Waals surface area contributed by atoms with E-state index in [0.29, 0.717) is 26.2 Å². The van der Waals surface area contributed by atoms with Gasteiger partial charge in [-0.2, -0.15) is 0 Å². The number of carbonyl (C=O) groups excluding carboxylic acids is 1. The number of hydrogen-bond donors (Lipinski definition) is 4. The van der Waals surface area contributed by atoms with Crippen LogP contribution in [0.4, 0.5) is 0 Å². The Morgan fingerprint density at radius 3 is 1.65 bits per heavy atom. The first kappa shape index (κ1) is 22.2. The van der Waals surface area contributed by atoms with Gasteiger partial charge in [0, 0.05) is 32.7 Å². The molecule has 0 bridgehead atoms. The second-order valence-corrected chi connectivity index (χ2v) is 3.79. The number of nitrogens with one attached hydrogen (secondary N) is 2. The Hall–Kier alpha value is -0.0736. The maximum Gasteiger partial charge on any atom is 1.00 e. The molecule has 4 N–H and O–H groups in total. The van der Waals surface area contributed by atoms with Gasteiger partial charge in [-0.05, 0) is 0 Å². The molecule has 0 aromatic heterocycles. The van der Waals surface area contributed by atoms with Gasteiger partial charge >= 0.3 is 63.3 Å². The van der Waals surface area contributed by atoms with E-state index in [0.717, 1.165) is 0 Å². The van der Waals surface area contributed by atoms with Crippen LogP contribution >= 0.6 is 0 Å². The van der Waals surface area contributed by atoms with Gasteiger partial charge in [0.15, 0.2) is 0 Å². The molecule has 0 aromatic carbocycles. The maximum atomic E-state index is 10.5. The first-order valence-corrected chi connectivity index (χ1v) is 5.69. The van der Waals surface area contributed by atoms with E-state index >= 15 is 0 Å². The van der Waals surface area contributed by atoms with Crippen molar-refractivity contribution in [3.05, 3.63) is 0 Å². The van der Waals surface area contributed by atoms with Crippen molar-refractivity contribution >= 4 is 17.9 Å².